The Morgan fingerprint density at radius 1 is 1.29 bits per heavy atom. The van der Waals surface area contributed by atoms with Gasteiger partial charge in [-0.2, -0.15) is 0 Å². The molecule has 1 rings (SSSR count). The number of nitrogens with two attached hydrogens (primary N) is 1. The van der Waals surface area contributed by atoms with Crippen molar-refractivity contribution >= 4 is 0 Å². The summed E-state index contributed by atoms with van der Waals surface area (Å²) in [6.07, 6.45) is 3.34. The molecular weight excluding hydrogens is 174 g/mol. The van der Waals surface area contributed by atoms with E-state index in [-0.39, 0.29) is 0 Å². The van der Waals surface area contributed by atoms with Crippen molar-refractivity contribution in [3.63, 3.8) is 0 Å². The molecule has 0 heterocycles. The summed E-state index contributed by atoms with van der Waals surface area (Å²) in [5, 5.41) is 0. The van der Waals surface area contributed by atoms with Crippen LogP contribution in [0.3, 0.4) is 0 Å². The summed E-state index contributed by atoms with van der Waals surface area (Å²) < 4.78 is 5.27. The SMILES string of the molecule is COc1cc(CCCCN)ccc1C. The van der Waals surface area contributed by atoms with Gasteiger partial charge in [-0.05, 0) is 49.9 Å². The molecule has 0 radical (unpaired) electrons. The number of hydrogen-bond donors (Lipinski definition) is 1. The van der Waals surface area contributed by atoms with E-state index in [2.05, 4.69) is 25.1 Å². The van der Waals surface area contributed by atoms with Crippen LogP contribution in [0.2, 0.25) is 0 Å². The quantitative estimate of drug-likeness (QED) is 0.728. The van der Waals surface area contributed by atoms with Crippen molar-refractivity contribution in [2.45, 2.75) is 26.2 Å². The van der Waals surface area contributed by atoms with Crippen LogP contribution < -0.4 is 10.5 Å². The topological polar surface area (TPSA) is 35.2 Å². The van der Waals surface area contributed by atoms with E-state index in [1.165, 1.54) is 11.1 Å². The zero-order valence-electron chi connectivity index (χ0n) is 9.05. The smallest absolute Gasteiger partial charge is 0.122 e. The van der Waals surface area contributed by atoms with Gasteiger partial charge in [0.15, 0.2) is 0 Å². The van der Waals surface area contributed by atoms with Gasteiger partial charge in [-0.3, -0.25) is 0 Å². The lowest BCUT2D eigenvalue weighted by molar-refractivity contribution is 0.411. The third kappa shape index (κ3) is 3.04. The first-order valence-electron chi connectivity index (χ1n) is 5.11. The minimum atomic E-state index is 0.781. The van der Waals surface area contributed by atoms with Gasteiger partial charge in [0.05, 0.1) is 7.11 Å². The fourth-order valence-electron chi connectivity index (χ4n) is 1.49. The molecule has 1 aromatic rings. The highest BCUT2D eigenvalue weighted by molar-refractivity contribution is 5.36. The van der Waals surface area contributed by atoms with Crippen LogP contribution in [0.25, 0.3) is 0 Å². The summed E-state index contributed by atoms with van der Waals surface area (Å²) in [5.74, 6) is 0.982. The van der Waals surface area contributed by atoms with Gasteiger partial charge in [-0.1, -0.05) is 12.1 Å². The molecule has 0 unspecified atom stereocenters. The van der Waals surface area contributed by atoms with Crippen LogP contribution in [0.5, 0.6) is 5.75 Å². The molecule has 2 nitrogen and oxygen atoms in total. The van der Waals surface area contributed by atoms with Crippen molar-refractivity contribution in [2.24, 2.45) is 5.73 Å². The maximum atomic E-state index is 5.45. The molecule has 2 N–H and O–H groups in total. The number of unbranched alkanes of at least 4 members (excludes halogenated alkanes) is 1. The van der Waals surface area contributed by atoms with Gasteiger partial charge in [0.25, 0.3) is 0 Å². The molecule has 0 spiro atoms. The van der Waals surface area contributed by atoms with Crippen LogP contribution in [0.15, 0.2) is 18.2 Å². The van der Waals surface area contributed by atoms with E-state index in [1.807, 2.05) is 0 Å². The molecule has 14 heavy (non-hydrogen) atoms. The molecule has 0 aliphatic heterocycles. The average molecular weight is 193 g/mol. The molecule has 0 bridgehead atoms. The van der Waals surface area contributed by atoms with Crippen LogP contribution in [0, 0.1) is 6.92 Å². The molecule has 0 fully saturated rings. The molecule has 0 aliphatic carbocycles. The van der Waals surface area contributed by atoms with Gasteiger partial charge in [0.1, 0.15) is 5.75 Å². The lowest BCUT2D eigenvalue weighted by Gasteiger charge is -2.07. The second kappa shape index (κ2) is 5.66. The third-order valence-electron chi connectivity index (χ3n) is 2.39. The number of benzene rings is 1. The normalized spacial score (nSPS) is 10.2. The van der Waals surface area contributed by atoms with Gasteiger partial charge in [-0.15, -0.1) is 0 Å². The Morgan fingerprint density at radius 3 is 2.71 bits per heavy atom. The first kappa shape index (κ1) is 11.1. The molecule has 0 amide bonds. The molecule has 78 valence electrons. The first-order valence-corrected chi connectivity index (χ1v) is 5.11. The summed E-state index contributed by atoms with van der Waals surface area (Å²) >= 11 is 0. The van der Waals surface area contributed by atoms with E-state index in [4.69, 9.17) is 10.5 Å². The molecule has 1 aromatic carbocycles. The third-order valence-corrected chi connectivity index (χ3v) is 2.39. The Labute approximate surface area is 86.1 Å². The van der Waals surface area contributed by atoms with Gasteiger partial charge >= 0.3 is 0 Å². The first-order chi connectivity index (χ1) is 6.77. The van der Waals surface area contributed by atoms with Crippen LogP contribution >= 0.6 is 0 Å². The van der Waals surface area contributed by atoms with E-state index in [9.17, 15) is 0 Å². The fraction of sp³-hybridized carbons (Fsp3) is 0.500. The zero-order valence-corrected chi connectivity index (χ0v) is 9.05. The van der Waals surface area contributed by atoms with Crippen molar-refractivity contribution < 1.29 is 4.74 Å². The van der Waals surface area contributed by atoms with Crippen LogP contribution in [-0.2, 0) is 6.42 Å². The standard InChI is InChI=1S/C12H19NO/c1-10-6-7-11(5-3-4-8-13)9-12(10)14-2/h6-7,9H,3-5,8,13H2,1-2H3. The van der Waals surface area contributed by atoms with E-state index in [0.29, 0.717) is 0 Å². The number of hydrogen-bond acceptors (Lipinski definition) is 2. The summed E-state index contributed by atoms with van der Waals surface area (Å²) in [5.41, 5.74) is 7.97. The maximum Gasteiger partial charge on any atom is 0.122 e. The van der Waals surface area contributed by atoms with Gasteiger partial charge in [-0.25, -0.2) is 0 Å². The largest absolute Gasteiger partial charge is 0.496 e. The number of aryl methyl sites for hydroxylation is 2. The molecule has 2 heteroatoms. The monoisotopic (exact) mass is 193 g/mol. The van der Waals surface area contributed by atoms with Crippen molar-refractivity contribution in [2.75, 3.05) is 13.7 Å². The van der Waals surface area contributed by atoms with Crippen LogP contribution in [0.4, 0.5) is 0 Å². The Morgan fingerprint density at radius 2 is 2.07 bits per heavy atom. The number of rotatable bonds is 5. The van der Waals surface area contributed by atoms with Crippen molar-refractivity contribution in [3.05, 3.63) is 29.3 Å². The summed E-state index contributed by atoms with van der Waals surface area (Å²) in [7, 11) is 1.71. The van der Waals surface area contributed by atoms with Crippen molar-refractivity contribution in [3.8, 4) is 5.75 Å². The van der Waals surface area contributed by atoms with E-state index >= 15 is 0 Å². The van der Waals surface area contributed by atoms with Crippen LogP contribution in [-0.4, -0.2) is 13.7 Å². The predicted octanol–water partition coefficient (Wildman–Crippen LogP) is 2.29. The molecule has 0 atom stereocenters. The minimum Gasteiger partial charge on any atom is -0.496 e. The molecule has 0 saturated carbocycles. The Kier molecular flexibility index (Phi) is 4.47. The highest BCUT2D eigenvalue weighted by Crippen LogP contribution is 2.19. The highest BCUT2D eigenvalue weighted by Gasteiger charge is 1.99. The van der Waals surface area contributed by atoms with Crippen LogP contribution in [0.1, 0.15) is 24.0 Å². The second-order valence-corrected chi connectivity index (χ2v) is 3.55. The number of ether oxygens (including phenoxy) is 1. The summed E-state index contributed by atoms with van der Waals surface area (Å²) in [6, 6.07) is 6.39. The Hall–Kier alpha value is -1.02. The zero-order chi connectivity index (χ0) is 10.4. The summed E-state index contributed by atoms with van der Waals surface area (Å²) in [6.45, 7) is 2.84. The van der Waals surface area contributed by atoms with E-state index in [0.717, 1.165) is 31.6 Å². The maximum absolute atomic E-state index is 5.45. The fourth-order valence-corrected chi connectivity index (χ4v) is 1.49. The average Bonchev–Trinajstić information content (AvgIpc) is 2.21. The number of methoxy groups -OCH3 is 1. The molecule has 0 saturated heterocycles. The van der Waals surface area contributed by atoms with Crippen molar-refractivity contribution in [1.82, 2.24) is 0 Å². The van der Waals surface area contributed by atoms with E-state index in [1.54, 1.807) is 7.11 Å². The van der Waals surface area contributed by atoms with Gasteiger partial charge in [0.2, 0.25) is 0 Å². The van der Waals surface area contributed by atoms with Gasteiger partial charge < -0.3 is 10.5 Å². The van der Waals surface area contributed by atoms with Crippen molar-refractivity contribution in [1.29, 1.82) is 0 Å². The molecular formula is C12H19NO. The molecule has 0 aromatic heterocycles. The Bertz CT molecular complexity index is 284. The van der Waals surface area contributed by atoms with E-state index < -0.39 is 0 Å². The summed E-state index contributed by atoms with van der Waals surface area (Å²) in [4.78, 5) is 0. The second-order valence-electron chi connectivity index (χ2n) is 3.55. The lowest BCUT2D eigenvalue weighted by Crippen LogP contribution is -1.99. The Balaban J connectivity index is 2.60. The lowest BCUT2D eigenvalue weighted by atomic mass is 10.1. The minimum absolute atomic E-state index is 0.781. The predicted molar refractivity (Wildman–Crippen MR) is 59.7 cm³/mol. The highest BCUT2D eigenvalue weighted by atomic mass is 16.5. The van der Waals surface area contributed by atoms with Gasteiger partial charge in [0, 0.05) is 0 Å². The molecule has 0 aliphatic rings.